The van der Waals surface area contributed by atoms with Crippen LogP contribution in [0.15, 0.2) is 0 Å². The number of nitrogen functional groups attached to an aromatic ring is 1. The zero-order valence-electron chi connectivity index (χ0n) is 8.93. The molecule has 4 nitrogen and oxygen atoms in total. The van der Waals surface area contributed by atoms with Crippen molar-refractivity contribution in [3.63, 3.8) is 0 Å². The van der Waals surface area contributed by atoms with E-state index < -0.39 is 5.51 Å². The highest BCUT2D eigenvalue weighted by molar-refractivity contribution is 8.00. The third-order valence-corrected chi connectivity index (χ3v) is 2.66. The first-order valence-electron chi connectivity index (χ1n) is 4.55. The summed E-state index contributed by atoms with van der Waals surface area (Å²) in [4.78, 5) is 0. The molecule has 16 heavy (non-hydrogen) atoms. The lowest BCUT2D eigenvalue weighted by Gasteiger charge is -2.08. The van der Waals surface area contributed by atoms with Gasteiger partial charge in [0, 0.05) is 19.3 Å². The smallest absolute Gasteiger partial charge is 0.394 e. The molecule has 0 saturated heterocycles. The van der Waals surface area contributed by atoms with Crippen LogP contribution >= 0.6 is 11.8 Å². The van der Waals surface area contributed by atoms with Gasteiger partial charge in [-0.15, -0.1) is 0 Å². The zero-order chi connectivity index (χ0) is 12.3. The van der Waals surface area contributed by atoms with Crippen LogP contribution in [0.4, 0.5) is 24.7 Å². The molecule has 0 saturated carbocycles. The van der Waals surface area contributed by atoms with Gasteiger partial charge in [0.2, 0.25) is 0 Å². The third kappa shape index (κ3) is 3.51. The number of rotatable bonds is 4. The highest BCUT2D eigenvalue weighted by Gasteiger charge is 2.27. The molecule has 0 spiro atoms. The van der Waals surface area contributed by atoms with E-state index >= 15 is 0 Å². The summed E-state index contributed by atoms with van der Waals surface area (Å²) in [5.74, 6) is 0.493. The highest BCUT2D eigenvalue weighted by atomic mass is 32.2. The molecule has 1 aromatic rings. The Morgan fingerprint density at radius 1 is 1.50 bits per heavy atom. The molecule has 0 unspecified atom stereocenters. The normalized spacial score (nSPS) is 11.8. The molecule has 0 radical (unpaired) electrons. The number of alkyl halides is 3. The van der Waals surface area contributed by atoms with Gasteiger partial charge in [0.1, 0.15) is 5.82 Å². The summed E-state index contributed by atoms with van der Waals surface area (Å²) < 4.78 is 37.0. The molecular formula is C8H13F3N4S. The van der Waals surface area contributed by atoms with Crippen LogP contribution in [0.25, 0.3) is 0 Å². The van der Waals surface area contributed by atoms with Crippen LogP contribution < -0.4 is 11.1 Å². The average Bonchev–Trinajstić information content (AvgIpc) is 2.36. The monoisotopic (exact) mass is 254 g/mol. The van der Waals surface area contributed by atoms with E-state index in [2.05, 4.69) is 10.4 Å². The summed E-state index contributed by atoms with van der Waals surface area (Å²) in [6, 6.07) is 0. The second kappa shape index (κ2) is 4.86. The number of nitrogens with zero attached hydrogens (tertiary/aromatic N) is 2. The molecule has 0 fully saturated rings. The quantitative estimate of drug-likeness (QED) is 0.807. The third-order valence-electron chi connectivity index (χ3n) is 1.93. The zero-order valence-corrected chi connectivity index (χ0v) is 9.74. The number of aromatic nitrogens is 2. The minimum absolute atomic E-state index is 0.0616. The van der Waals surface area contributed by atoms with Gasteiger partial charge < -0.3 is 11.1 Å². The topological polar surface area (TPSA) is 55.9 Å². The number of nitrogens with two attached hydrogens (primary N) is 1. The van der Waals surface area contributed by atoms with E-state index in [1.165, 1.54) is 4.68 Å². The Bertz CT molecular complexity index is 361. The van der Waals surface area contributed by atoms with Gasteiger partial charge in [-0.1, -0.05) is 0 Å². The number of hydrogen-bond acceptors (Lipinski definition) is 4. The van der Waals surface area contributed by atoms with Gasteiger partial charge in [-0.05, 0) is 18.7 Å². The van der Waals surface area contributed by atoms with Crippen molar-refractivity contribution in [2.24, 2.45) is 7.05 Å². The molecule has 1 heterocycles. The maximum Gasteiger partial charge on any atom is 0.441 e. The molecule has 8 heteroatoms. The van der Waals surface area contributed by atoms with Crippen molar-refractivity contribution in [1.82, 2.24) is 9.78 Å². The Morgan fingerprint density at radius 3 is 2.56 bits per heavy atom. The Morgan fingerprint density at radius 2 is 2.12 bits per heavy atom. The molecule has 0 aliphatic carbocycles. The lowest BCUT2D eigenvalue weighted by Crippen LogP contribution is -2.12. The summed E-state index contributed by atoms with van der Waals surface area (Å²) in [7, 11) is 1.68. The maximum absolute atomic E-state index is 11.8. The van der Waals surface area contributed by atoms with E-state index in [9.17, 15) is 13.2 Å². The first-order valence-corrected chi connectivity index (χ1v) is 5.53. The van der Waals surface area contributed by atoms with Crippen molar-refractivity contribution in [1.29, 1.82) is 0 Å². The van der Waals surface area contributed by atoms with Crippen LogP contribution in [0.3, 0.4) is 0 Å². The fourth-order valence-corrected chi connectivity index (χ4v) is 1.66. The van der Waals surface area contributed by atoms with Gasteiger partial charge in [0.15, 0.2) is 0 Å². The van der Waals surface area contributed by atoms with Crippen LogP contribution in [0.2, 0.25) is 0 Å². The predicted octanol–water partition coefficient (Wildman–Crippen LogP) is 1.98. The standard InChI is InChI=1S/C8H13F3N4S/c1-5-6(12)7(15(2)14-5)13-3-4-16-8(9,10)11/h13H,3-4,12H2,1-2H3. The number of anilines is 2. The molecule has 1 aromatic heterocycles. The minimum Gasteiger partial charge on any atom is -0.394 e. The summed E-state index contributed by atoms with van der Waals surface area (Å²) in [5, 5.41) is 6.87. The lowest BCUT2D eigenvalue weighted by molar-refractivity contribution is -0.0327. The molecule has 1 rings (SSSR count). The van der Waals surface area contributed by atoms with E-state index in [4.69, 9.17) is 5.73 Å². The van der Waals surface area contributed by atoms with Gasteiger partial charge in [-0.2, -0.15) is 18.3 Å². The van der Waals surface area contributed by atoms with Crippen LogP contribution in [0.1, 0.15) is 5.69 Å². The van der Waals surface area contributed by atoms with E-state index in [0.717, 1.165) is 0 Å². The summed E-state index contributed by atoms with van der Waals surface area (Å²) in [6.45, 7) is 1.93. The van der Waals surface area contributed by atoms with Crippen molar-refractivity contribution < 1.29 is 13.2 Å². The molecule has 3 N–H and O–H groups in total. The summed E-state index contributed by atoms with van der Waals surface area (Å²) >= 11 is -0.0616. The van der Waals surface area contributed by atoms with Crippen LogP contribution in [-0.4, -0.2) is 27.6 Å². The highest BCUT2D eigenvalue weighted by Crippen LogP contribution is 2.30. The van der Waals surface area contributed by atoms with Gasteiger partial charge in [-0.25, -0.2) is 0 Å². The molecule has 0 amide bonds. The Hall–Kier alpha value is -1.05. The molecule has 92 valence electrons. The fourth-order valence-electron chi connectivity index (χ4n) is 1.22. The Kier molecular flexibility index (Phi) is 3.95. The van der Waals surface area contributed by atoms with E-state index in [0.29, 0.717) is 17.2 Å². The van der Waals surface area contributed by atoms with Gasteiger partial charge in [0.25, 0.3) is 0 Å². The molecule has 0 atom stereocenters. The van der Waals surface area contributed by atoms with Crippen molar-refractivity contribution in [3.05, 3.63) is 5.69 Å². The number of hydrogen-bond donors (Lipinski definition) is 2. The van der Waals surface area contributed by atoms with Gasteiger partial charge in [-0.3, -0.25) is 4.68 Å². The van der Waals surface area contributed by atoms with Crippen molar-refractivity contribution >= 4 is 23.3 Å². The second-order valence-corrected chi connectivity index (χ2v) is 4.35. The van der Waals surface area contributed by atoms with Crippen molar-refractivity contribution in [3.8, 4) is 0 Å². The average molecular weight is 254 g/mol. The van der Waals surface area contributed by atoms with Crippen molar-refractivity contribution in [2.45, 2.75) is 12.4 Å². The minimum atomic E-state index is -4.18. The molecule has 0 bridgehead atoms. The fraction of sp³-hybridized carbons (Fsp3) is 0.625. The Balaban J connectivity index is 2.43. The number of aryl methyl sites for hydroxylation is 2. The lowest BCUT2D eigenvalue weighted by atomic mass is 10.4. The summed E-state index contributed by atoms with van der Waals surface area (Å²) in [5.41, 5.74) is 2.64. The maximum atomic E-state index is 11.8. The SMILES string of the molecule is Cc1nn(C)c(NCCSC(F)(F)F)c1N. The van der Waals surface area contributed by atoms with E-state index in [-0.39, 0.29) is 24.1 Å². The number of thioether (sulfide) groups is 1. The molecule has 0 aromatic carbocycles. The van der Waals surface area contributed by atoms with Gasteiger partial charge >= 0.3 is 5.51 Å². The Labute approximate surface area is 95.4 Å². The van der Waals surface area contributed by atoms with Crippen LogP contribution in [0.5, 0.6) is 0 Å². The largest absolute Gasteiger partial charge is 0.441 e. The van der Waals surface area contributed by atoms with Crippen molar-refractivity contribution in [2.75, 3.05) is 23.3 Å². The first-order chi connectivity index (χ1) is 7.31. The second-order valence-electron chi connectivity index (χ2n) is 3.19. The molecule has 0 aliphatic rings. The number of halogens is 3. The summed E-state index contributed by atoms with van der Waals surface area (Å²) in [6.07, 6.45) is 0. The molecular weight excluding hydrogens is 241 g/mol. The molecule has 0 aliphatic heterocycles. The number of nitrogens with one attached hydrogen (secondary N) is 1. The van der Waals surface area contributed by atoms with E-state index in [1.54, 1.807) is 14.0 Å². The van der Waals surface area contributed by atoms with E-state index in [1.807, 2.05) is 0 Å². The first kappa shape index (κ1) is 13.0. The predicted molar refractivity (Wildman–Crippen MR) is 59.4 cm³/mol. The van der Waals surface area contributed by atoms with Crippen LogP contribution in [0, 0.1) is 6.92 Å². The van der Waals surface area contributed by atoms with Gasteiger partial charge in [0.05, 0.1) is 11.4 Å². The van der Waals surface area contributed by atoms with Crippen LogP contribution in [-0.2, 0) is 7.05 Å².